The predicted octanol–water partition coefficient (Wildman–Crippen LogP) is 5.81. The molecule has 0 aliphatic rings. The van der Waals surface area contributed by atoms with Crippen molar-refractivity contribution in [1.82, 2.24) is 0 Å². The Bertz CT molecular complexity index is 121. The molecule has 0 aliphatic carbocycles. The molecule has 0 N–H and O–H groups in total. The molecule has 0 aromatic carbocycles. The van der Waals surface area contributed by atoms with Crippen LogP contribution in [-0.2, 0) is 0 Å². The molecule has 0 rings (SSSR count). The summed E-state index contributed by atoms with van der Waals surface area (Å²) in [5, 5.41) is 0.122. The number of hydrogen-bond donors (Lipinski definition) is 0. The highest BCUT2D eigenvalue weighted by atomic mass is 35.5. The zero-order valence-electron chi connectivity index (χ0n) is 8.28. The van der Waals surface area contributed by atoms with Crippen molar-refractivity contribution >= 4 is 69.6 Å². The first-order chi connectivity index (χ1) is 7.10. The molecule has 0 aromatic heterocycles. The maximum atomic E-state index is 5.33. The average molecular weight is 335 g/mol. The fraction of sp³-hybridized carbons (Fsp3) is 0.556. The van der Waals surface area contributed by atoms with Crippen molar-refractivity contribution < 1.29 is 0 Å². The van der Waals surface area contributed by atoms with Crippen LogP contribution in [0.5, 0.6) is 0 Å². The Balaban J connectivity index is -0.000000144. The lowest BCUT2D eigenvalue weighted by molar-refractivity contribution is 1.11. The van der Waals surface area contributed by atoms with Crippen molar-refractivity contribution in [3.05, 3.63) is 23.2 Å². The van der Waals surface area contributed by atoms with E-state index < -0.39 is 0 Å². The SMILES string of the molecule is CC(Cl)CCl.Cl/C=C/CCl.Cl/C=C\CCl. The van der Waals surface area contributed by atoms with Gasteiger partial charge in [-0.05, 0) is 6.92 Å². The van der Waals surface area contributed by atoms with Crippen LogP contribution in [0.2, 0.25) is 0 Å². The summed E-state index contributed by atoms with van der Waals surface area (Å²) in [5.74, 6) is 1.55. The van der Waals surface area contributed by atoms with E-state index in [9.17, 15) is 0 Å². The van der Waals surface area contributed by atoms with E-state index in [4.69, 9.17) is 69.6 Å². The topological polar surface area (TPSA) is 0 Å². The fourth-order valence-corrected chi connectivity index (χ4v) is 0.606. The molecule has 0 spiro atoms. The van der Waals surface area contributed by atoms with E-state index in [2.05, 4.69) is 0 Å². The number of alkyl halides is 4. The Hall–Kier alpha value is 1.22. The summed E-state index contributed by atoms with van der Waals surface area (Å²) in [6, 6.07) is 0. The van der Waals surface area contributed by atoms with Crippen LogP contribution >= 0.6 is 69.6 Å². The highest BCUT2D eigenvalue weighted by Gasteiger charge is 1.85. The smallest absolute Gasteiger partial charge is 0.0443 e. The van der Waals surface area contributed by atoms with Gasteiger partial charge in [-0.25, -0.2) is 0 Å². The minimum atomic E-state index is 0.122. The van der Waals surface area contributed by atoms with E-state index in [1.165, 1.54) is 11.1 Å². The Morgan fingerprint density at radius 3 is 1.20 bits per heavy atom. The van der Waals surface area contributed by atoms with E-state index in [1.807, 2.05) is 6.92 Å². The lowest BCUT2D eigenvalue weighted by Crippen LogP contribution is -1.87. The standard InChI is InChI=1S/C3H6Cl2.2C3H4Cl2/c1-3(5)2-4;2*4-2-1-3-5/h3H,2H2,1H3;2*1-2H,3H2/b;2-1+;2-1-. The summed E-state index contributed by atoms with van der Waals surface area (Å²) in [6.07, 6.45) is 3.31. The van der Waals surface area contributed by atoms with Gasteiger partial charge in [-0.3, -0.25) is 0 Å². The van der Waals surface area contributed by atoms with Gasteiger partial charge in [-0.15, -0.1) is 46.4 Å². The maximum absolute atomic E-state index is 5.33. The number of hydrogen-bond acceptors (Lipinski definition) is 0. The Morgan fingerprint density at radius 1 is 0.933 bits per heavy atom. The van der Waals surface area contributed by atoms with Crippen LogP contribution in [0.25, 0.3) is 0 Å². The molecule has 92 valence electrons. The van der Waals surface area contributed by atoms with E-state index in [1.54, 1.807) is 12.2 Å². The molecule has 0 saturated heterocycles. The van der Waals surface area contributed by atoms with Crippen LogP contribution in [0, 0.1) is 0 Å². The molecule has 0 fully saturated rings. The minimum absolute atomic E-state index is 0.122. The summed E-state index contributed by atoms with van der Waals surface area (Å²) < 4.78 is 0. The largest absolute Gasteiger partial charge is 0.125 e. The average Bonchev–Trinajstić information content (AvgIpc) is 2.22. The molecule has 0 bridgehead atoms. The third-order valence-electron chi connectivity index (χ3n) is 0.569. The van der Waals surface area contributed by atoms with Crippen LogP contribution in [0.1, 0.15) is 6.92 Å². The summed E-state index contributed by atoms with van der Waals surface area (Å²) in [4.78, 5) is 0. The van der Waals surface area contributed by atoms with E-state index in [0.717, 1.165) is 0 Å². The molecule has 6 heteroatoms. The van der Waals surface area contributed by atoms with E-state index in [-0.39, 0.29) is 5.38 Å². The van der Waals surface area contributed by atoms with Crippen molar-refractivity contribution in [2.45, 2.75) is 12.3 Å². The minimum Gasteiger partial charge on any atom is -0.125 e. The van der Waals surface area contributed by atoms with Crippen LogP contribution < -0.4 is 0 Å². The molecule has 1 unspecified atom stereocenters. The van der Waals surface area contributed by atoms with Gasteiger partial charge in [-0.2, -0.15) is 0 Å². The van der Waals surface area contributed by atoms with Crippen molar-refractivity contribution in [2.24, 2.45) is 0 Å². The highest BCUT2D eigenvalue weighted by molar-refractivity contribution is 6.28. The number of rotatable bonds is 3. The first-order valence-electron chi connectivity index (χ1n) is 3.93. The quantitative estimate of drug-likeness (QED) is 0.571. The molecular formula is C9H14Cl6. The third kappa shape index (κ3) is 51.0. The zero-order chi connectivity index (χ0) is 12.5. The third-order valence-corrected chi connectivity index (χ3v) is 2.06. The van der Waals surface area contributed by atoms with Crippen molar-refractivity contribution in [3.63, 3.8) is 0 Å². The van der Waals surface area contributed by atoms with E-state index >= 15 is 0 Å². The summed E-state index contributed by atoms with van der Waals surface area (Å²) in [6.45, 7) is 1.86. The highest BCUT2D eigenvalue weighted by Crippen LogP contribution is 1.93. The van der Waals surface area contributed by atoms with Gasteiger partial charge in [0.15, 0.2) is 0 Å². The van der Waals surface area contributed by atoms with Gasteiger partial charge in [0.2, 0.25) is 0 Å². The maximum Gasteiger partial charge on any atom is 0.0443 e. The first-order valence-corrected chi connectivity index (χ1v) is 6.84. The van der Waals surface area contributed by atoms with Gasteiger partial charge in [-0.1, -0.05) is 35.4 Å². The van der Waals surface area contributed by atoms with Gasteiger partial charge in [0.1, 0.15) is 0 Å². The summed E-state index contributed by atoms with van der Waals surface area (Å²) in [7, 11) is 0. The second kappa shape index (κ2) is 24.4. The predicted molar refractivity (Wildman–Crippen MR) is 77.5 cm³/mol. The number of halogens is 6. The lowest BCUT2D eigenvalue weighted by Gasteiger charge is -1.85. The second-order valence-electron chi connectivity index (χ2n) is 1.97. The molecule has 1 atom stereocenters. The second-order valence-corrected chi connectivity index (χ2v) is 4.14. The van der Waals surface area contributed by atoms with Crippen molar-refractivity contribution in [1.29, 1.82) is 0 Å². The van der Waals surface area contributed by atoms with Crippen molar-refractivity contribution in [3.8, 4) is 0 Å². The molecule has 0 nitrogen and oxygen atoms in total. The van der Waals surface area contributed by atoms with Crippen LogP contribution in [0.4, 0.5) is 0 Å². The van der Waals surface area contributed by atoms with Crippen LogP contribution in [0.15, 0.2) is 23.2 Å². The summed E-state index contributed by atoms with van der Waals surface area (Å²) in [5.41, 5.74) is 2.79. The van der Waals surface area contributed by atoms with Crippen LogP contribution in [0.3, 0.4) is 0 Å². The van der Waals surface area contributed by atoms with Crippen molar-refractivity contribution in [2.75, 3.05) is 17.6 Å². The van der Waals surface area contributed by atoms with Gasteiger partial charge >= 0.3 is 0 Å². The number of allylic oxidation sites excluding steroid dienone is 2. The Morgan fingerprint density at radius 2 is 1.20 bits per heavy atom. The Kier molecular flexibility index (Phi) is 35.0. The van der Waals surface area contributed by atoms with Gasteiger partial charge in [0, 0.05) is 34.1 Å². The van der Waals surface area contributed by atoms with Gasteiger partial charge in [0.05, 0.1) is 0 Å². The van der Waals surface area contributed by atoms with E-state index in [0.29, 0.717) is 17.6 Å². The Labute approximate surface area is 122 Å². The monoisotopic (exact) mass is 332 g/mol. The zero-order valence-corrected chi connectivity index (χ0v) is 12.8. The molecular weight excluding hydrogens is 321 g/mol. The molecule has 0 amide bonds. The molecule has 0 aliphatic heterocycles. The fourth-order valence-electron chi connectivity index (χ4n) is 0.0673. The normalized spacial score (nSPS) is 11.7. The van der Waals surface area contributed by atoms with Gasteiger partial charge < -0.3 is 0 Å². The van der Waals surface area contributed by atoms with Crippen LogP contribution in [-0.4, -0.2) is 23.0 Å². The lowest BCUT2D eigenvalue weighted by atomic mass is 10.6. The molecule has 0 saturated carbocycles. The molecule has 15 heavy (non-hydrogen) atoms. The first kappa shape index (κ1) is 21.5. The summed E-state index contributed by atoms with van der Waals surface area (Å²) >= 11 is 30.9. The van der Waals surface area contributed by atoms with Gasteiger partial charge in [0.25, 0.3) is 0 Å². The molecule has 0 radical (unpaired) electrons. The molecule has 0 heterocycles. The molecule has 0 aromatic rings.